The average molecular weight is 284 g/mol. The summed E-state index contributed by atoms with van der Waals surface area (Å²) in [5, 5.41) is 10.9. The van der Waals surface area contributed by atoms with Gasteiger partial charge in [-0.25, -0.2) is 0 Å². The van der Waals surface area contributed by atoms with Crippen LogP contribution in [0, 0.1) is 24.2 Å². The molecule has 114 valence electrons. The van der Waals surface area contributed by atoms with Crippen LogP contribution in [-0.2, 0) is 6.42 Å². The molecule has 0 aliphatic heterocycles. The summed E-state index contributed by atoms with van der Waals surface area (Å²) < 4.78 is 0. The minimum Gasteiger partial charge on any atom is -0.390 e. The molecule has 2 saturated carbocycles. The predicted octanol–water partition coefficient (Wildman–Crippen LogP) is 4.60. The highest BCUT2D eigenvalue weighted by Gasteiger charge is 2.59. The van der Waals surface area contributed by atoms with Gasteiger partial charge in [0.2, 0.25) is 0 Å². The first-order chi connectivity index (χ1) is 9.94. The van der Waals surface area contributed by atoms with Gasteiger partial charge in [0.15, 0.2) is 0 Å². The van der Waals surface area contributed by atoms with Crippen molar-refractivity contribution < 1.29 is 5.11 Å². The Kier molecular flexibility index (Phi) is 2.86. The van der Waals surface area contributed by atoms with E-state index in [9.17, 15) is 5.11 Å². The van der Waals surface area contributed by atoms with Crippen LogP contribution in [0.1, 0.15) is 68.6 Å². The van der Waals surface area contributed by atoms with Crippen LogP contribution >= 0.6 is 0 Å². The number of benzene rings is 1. The normalized spacial score (nSPS) is 44.9. The molecule has 1 N–H and O–H groups in total. The molecule has 1 aromatic carbocycles. The van der Waals surface area contributed by atoms with Gasteiger partial charge in [0.25, 0.3) is 0 Å². The molecule has 0 unspecified atom stereocenters. The number of fused-ring (bicyclic) bond motifs is 5. The van der Waals surface area contributed by atoms with Crippen molar-refractivity contribution in [1.29, 1.82) is 0 Å². The molecule has 0 amide bonds. The Labute approximate surface area is 128 Å². The van der Waals surface area contributed by atoms with Crippen LogP contribution in [0.4, 0.5) is 0 Å². The van der Waals surface area contributed by atoms with Crippen molar-refractivity contribution in [2.45, 2.75) is 70.8 Å². The summed E-state index contributed by atoms with van der Waals surface area (Å²) in [7, 11) is 0. The molecule has 1 heteroatoms. The Bertz CT molecular complexity index is 573. The Morgan fingerprint density at radius 3 is 2.71 bits per heavy atom. The van der Waals surface area contributed by atoms with E-state index < -0.39 is 5.60 Å². The maximum atomic E-state index is 10.9. The lowest BCUT2D eigenvalue weighted by Crippen LogP contribution is -2.49. The van der Waals surface area contributed by atoms with Crippen LogP contribution in [0.2, 0.25) is 0 Å². The van der Waals surface area contributed by atoms with Gasteiger partial charge in [0, 0.05) is 0 Å². The van der Waals surface area contributed by atoms with Gasteiger partial charge in [0.05, 0.1) is 5.60 Å². The van der Waals surface area contributed by atoms with E-state index in [1.807, 2.05) is 0 Å². The first-order valence-corrected chi connectivity index (χ1v) is 8.75. The van der Waals surface area contributed by atoms with Crippen molar-refractivity contribution in [1.82, 2.24) is 0 Å². The zero-order valence-electron chi connectivity index (χ0n) is 13.7. The third kappa shape index (κ3) is 1.73. The lowest BCUT2D eigenvalue weighted by atomic mass is 9.53. The number of rotatable bonds is 0. The highest BCUT2D eigenvalue weighted by atomic mass is 16.3. The fourth-order valence-electron chi connectivity index (χ4n) is 6.04. The highest BCUT2D eigenvalue weighted by Crippen LogP contribution is 2.64. The highest BCUT2D eigenvalue weighted by molar-refractivity contribution is 5.40. The standard InChI is InChI=1S/C20H28O/c1-13-5-4-6-15-14(13)7-8-17-16(15)9-11-19(2)18(17)10-12-20(19,3)21/h4-6,16-18,21H,7-12H2,1-3H3/t16-,17-,18+,19+,20+/m1/s1. The average Bonchev–Trinajstić information content (AvgIpc) is 2.70. The van der Waals surface area contributed by atoms with Crippen molar-refractivity contribution in [3.8, 4) is 0 Å². The zero-order valence-corrected chi connectivity index (χ0v) is 13.7. The predicted molar refractivity (Wildman–Crippen MR) is 86.4 cm³/mol. The fraction of sp³-hybridized carbons (Fsp3) is 0.700. The van der Waals surface area contributed by atoms with E-state index in [4.69, 9.17) is 0 Å². The van der Waals surface area contributed by atoms with Crippen molar-refractivity contribution >= 4 is 0 Å². The fourth-order valence-corrected chi connectivity index (χ4v) is 6.04. The zero-order chi connectivity index (χ0) is 14.8. The van der Waals surface area contributed by atoms with E-state index in [0.29, 0.717) is 0 Å². The molecule has 0 bridgehead atoms. The van der Waals surface area contributed by atoms with Gasteiger partial charge in [-0.15, -0.1) is 0 Å². The number of aliphatic hydroxyl groups is 1. The molecule has 4 rings (SSSR count). The van der Waals surface area contributed by atoms with Gasteiger partial charge in [-0.05, 0) is 92.2 Å². The van der Waals surface area contributed by atoms with Gasteiger partial charge in [0.1, 0.15) is 0 Å². The van der Waals surface area contributed by atoms with Crippen LogP contribution in [-0.4, -0.2) is 10.7 Å². The van der Waals surface area contributed by atoms with Crippen molar-refractivity contribution in [3.63, 3.8) is 0 Å². The van der Waals surface area contributed by atoms with Crippen molar-refractivity contribution in [2.24, 2.45) is 17.3 Å². The Morgan fingerprint density at radius 1 is 1.10 bits per heavy atom. The molecular formula is C20H28O. The SMILES string of the molecule is Cc1cccc2c1CC[C@@H]1[C@@H]2CC[C@@]2(C)[C@H]1CC[C@]2(C)O. The topological polar surface area (TPSA) is 20.2 Å². The first kappa shape index (κ1) is 13.8. The third-order valence-corrected chi connectivity index (χ3v) is 7.57. The molecule has 2 fully saturated rings. The summed E-state index contributed by atoms with van der Waals surface area (Å²) in [5.74, 6) is 2.27. The first-order valence-electron chi connectivity index (χ1n) is 8.75. The largest absolute Gasteiger partial charge is 0.390 e. The van der Waals surface area contributed by atoms with Gasteiger partial charge >= 0.3 is 0 Å². The number of hydrogen-bond acceptors (Lipinski definition) is 1. The Morgan fingerprint density at radius 2 is 1.90 bits per heavy atom. The maximum Gasteiger partial charge on any atom is 0.0675 e. The number of hydrogen-bond donors (Lipinski definition) is 1. The van der Waals surface area contributed by atoms with E-state index in [2.05, 4.69) is 39.0 Å². The Hall–Kier alpha value is -0.820. The molecule has 0 saturated heterocycles. The third-order valence-electron chi connectivity index (χ3n) is 7.57. The van der Waals surface area contributed by atoms with Crippen LogP contribution in [0.3, 0.4) is 0 Å². The molecular weight excluding hydrogens is 256 g/mol. The van der Waals surface area contributed by atoms with E-state index in [1.165, 1.54) is 37.7 Å². The molecule has 0 radical (unpaired) electrons. The summed E-state index contributed by atoms with van der Waals surface area (Å²) in [5.41, 5.74) is 4.45. The van der Waals surface area contributed by atoms with Crippen LogP contribution in [0.5, 0.6) is 0 Å². The molecule has 3 aliphatic rings. The maximum absolute atomic E-state index is 10.9. The van der Waals surface area contributed by atoms with Crippen LogP contribution < -0.4 is 0 Å². The minimum absolute atomic E-state index is 0.148. The summed E-state index contributed by atoms with van der Waals surface area (Å²) in [6.45, 7) is 6.73. The van der Waals surface area contributed by atoms with Gasteiger partial charge < -0.3 is 5.11 Å². The lowest BCUT2D eigenvalue weighted by molar-refractivity contribution is -0.0901. The quantitative estimate of drug-likeness (QED) is 0.738. The molecule has 21 heavy (non-hydrogen) atoms. The monoisotopic (exact) mass is 284 g/mol. The molecule has 1 nitrogen and oxygen atoms in total. The molecule has 0 spiro atoms. The molecule has 3 aliphatic carbocycles. The van der Waals surface area contributed by atoms with E-state index in [0.717, 1.165) is 24.2 Å². The summed E-state index contributed by atoms with van der Waals surface area (Å²) in [4.78, 5) is 0. The smallest absolute Gasteiger partial charge is 0.0675 e. The van der Waals surface area contributed by atoms with Crippen LogP contribution in [0.25, 0.3) is 0 Å². The Balaban J connectivity index is 1.74. The number of aryl methyl sites for hydroxylation is 1. The second kappa shape index (κ2) is 4.35. The minimum atomic E-state index is -0.449. The van der Waals surface area contributed by atoms with Crippen molar-refractivity contribution in [3.05, 3.63) is 34.9 Å². The van der Waals surface area contributed by atoms with Gasteiger partial charge in [-0.1, -0.05) is 25.1 Å². The lowest BCUT2D eigenvalue weighted by Gasteiger charge is -2.52. The van der Waals surface area contributed by atoms with Crippen LogP contribution in [0.15, 0.2) is 18.2 Å². The summed E-state index contributed by atoms with van der Waals surface area (Å²) in [6.07, 6.45) is 7.27. The molecule has 0 heterocycles. The van der Waals surface area contributed by atoms with E-state index in [1.54, 1.807) is 11.1 Å². The van der Waals surface area contributed by atoms with Crippen molar-refractivity contribution in [2.75, 3.05) is 0 Å². The second-order valence-electron chi connectivity index (χ2n) is 8.33. The van der Waals surface area contributed by atoms with Gasteiger partial charge in [-0.3, -0.25) is 0 Å². The molecule has 1 aromatic rings. The molecule has 0 aromatic heterocycles. The van der Waals surface area contributed by atoms with Gasteiger partial charge in [-0.2, -0.15) is 0 Å². The van der Waals surface area contributed by atoms with E-state index >= 15 is 0 Å². The summed E-state index contributed by atoms with van der Waals surface area (Å²) in [6, 6.07) is 6.90. The van der Waals surface area contributed by atoms with E-state index in [-0.39, 0.29) is 5.41 Å². The summed E-state index contributed by atoms with van der Waals surface area (Å²) >= 11 is 0. The second-order valence-corrected chi connectivity index (χ2v) is 8.33. The molecule has 5 atom stereocenters.